The second kappa shape index (κ2) is 5.81. The summed E-state index contributed by atoms with van der Waals surface area (Å²) >= 11 is 0. The highest BCUT2D eigenvalue weighted by Crippen LogP contribution is 2.06. The van der Waals surface area contributed by atoms with E-state index in [-0.39, 0.29) is 0 Å². The Balaban J connectivity index is 2.49. The Bertz CT molecular complexity index is 297. The summed E-state index contributed by atoms with van der Waals surface area (Å²) in [6.45, 7) is 9.45. The van der Waals surface area contributed by atoms with Crippen LogP contribution in [-0.4, -0.2) is 16.0 Å². The number of rotatable bonds is 5. The zero-order valence-corrected chi connectivity index (χ0v) is 10.1. The first-order chi connectivity index (χ1) is 7.13. The summed E-state index contributed by atoms with van der Waals surface area (Å²) in [5.41, 5.74) is 1.07. The fourth-order valence-corrected chi connectivity index (χ4v) is 1.69. The van der Waals surface area contributed by atoms with Crippen LogP contribution in [0.25, 0.3) is 0 Å². The van der Waals surface area contributed by atoms with E-state index >= 15 is 0 Å². The molecule has 3 nitrogen and oxygen atoms in total. The van der Waals surface area contributed by atoms with E-state index in [0.717, 1.165) is 24.5 Å². The zero-order chi connectivity index (χ0) is 11.3. The maximum atomic E-state index is 4.37. The quantitative estimate of drug-likeness (QED) is 0.805. The van der Waals surface area contributed by atoms with Crippen molar-refractivity contribution in [3.05, 3.63) is 23.8 Å². The standard InChI is InChI=1S/C12H21N3/c1-5-12(9(2)3)14-8-11-6-7-13-10(4)15-11/h6-7,9,12,14H,5,8H2,1-4H3. The molecule has 1 unspecified atom stereocenters. The molecule has 0 saturated carbocycles. The van der Waals surface area contributed by atoms with E-state index in [1.807, 2.05) is 19.2 Å². The molecule has 1 heterocycles. The maximum absolute atomic E-state index is 4.37. The minimum atomic E-state index is 0.570. The van der Waals surface area contributed by atoms with Gasteiger partial charge in [0.05, 0.1) is 5.69 Å². The largest absolute Gasteiger partial charge is 0.308 e. The van der Waals surface area contributed by atoms with Gasteiger partial charge in [-0.15, -0.1) is 0 Å². The molecule has 1 rings (SSSR count). The van der Waals surface area contributed by atoms with Crippen LogP contribution in [0.2, 0.25) is 0 Å². The van der Waals surface area contributed by atoms with Gasteiger partial charge in [0.2, 0.25) is 0 Å². The molecule has 1 aromatic heterocycles. The number of nitrogens with one attached hydrogen (secondary N) is 1. The highest BCUT2D eigenvalue weighted by atomic mass is 15.0. The molecule has 0 fully saturated rings. The fraction of sp³-hybridized carbons (Fsp3) is 0.667. The minimum Gasteiger partial charge on any atom is -0.308 e. The molecule has 0 amide bonds. The summed E-state index contributed by atoms with van der Waals surface area (Å²) in [5, 5.41) is 3.52. The van der Waals surface area contributed by atoms with E-state index in [1.165, 1.54) is 0 Å². The van der Waals surface area contributed by atoms with Crippen molar-refractivity contribution in [2.75, 3.05) is 0 Å². The van der Waals surface area contributed by atoms with Crippen molar-refractivity contribution in [2.45, 2.75) is 46.7 Å². The van der Waals surface area contributed by atoms with Crippen molar-refractivity contribution in [1.82, 2.24) is 15.3 Å². The molecular weight excluding hydrogens is 186 g/mol. The highest BCUT2D eigenvalue weighted by Gasteiger charge is 2.09. The Morgan fingerprint density at radius 2 is 2.13 bits per heavy atom. The molecule has 3 heteroatoms. The van der Waals surface area contributed by atoms with Crippen LogP contribution in [-0.2, 0) is 6.54 Å². The summed E-state index contributed by atoms with van der Waals surface area (Å²) < 4.78 is 0. The lowest BCUT2D eigenvalue weighted by atomic mass is 10.0. The SMILES string of the molecule is CCC(NCc1ccnc(C)n1)C(C)C. The van der Waals surface area contributed by atoms with Crippen LogP contribution in [0.1, 0.15) is 38.7 Å². The second-order valence-corrected chi connectivity index (χ2v) is 4.23. The number of hydrogen-bond acceptors (Lipinski definition) is 3. The maximum Gasteiger partial charge on any atom is 0.125 e. The van der Waals surface area contributed by atoms with Gasteiger partial charge in [-0.2, -0.15) is 0 Å². The Hall–Kier alpha value is -0.960. The van der Waals surface area contributed by atoms with Crippen LogP contribution in [0.4, 0.5) is 0 Å². The third-order valence-electron chi connectivity index (χ3n) is 2.62. The van der Waals surface area contributed by atoms with Gasteiger partial charge in [0.1, 0.15) is 5.82 Å². The molecule has 0 aliphatic heterocycles. The molecule has 0 aliphatic rings. The molecule has 0 saturated heterocycles. The summed E-state index contributed by atoms with van der Waals surface area (Å²) in [4.78, 5) is 8.45. The van der Waals surface area contributed by atoms with E-state index in [0.29, 0.717) is 12.0 Å². The fourth-order valence-electron chi connectivity index (χ4n) is 1.69. The molecule has 0 aliphatic carbocycles. The van der Waals surface area contributed by atoms with Gasteiger partial charge in [0, 0.05) is 18.8 Å². The van der Waals surface area contributed by atoms with Gasteiger partial charge >= 0.3 is 0 Å². The first-order valence-electron chi connectivity index (χ1n) is 5.65. The van der Waals surface area contributed by atoms with Crippen molar-refractivity contribution >= 4 is 0 Å². The predicted molar refractivity (Wildman–Crippen MR) is 62.5 cm³/mol. The van der Waals surface area contributed by atoms with E-state index in [4.69, 9.17) is 0 Å². The van der Waals surface area contributed by atoms with Crippen LogP contribution in [0.3, 0.4) is 0 Å². The number of nitrogens with zero attached hydrogens (tertiary/aromatic N) is 2. The molecule has 0 aromatic carbocycles. The van der Waals surface area contributed by atoms with Crippen molar-refractivity contribution in [3.63, 3.8) is 0 Å². The van der Waals surface area contributed by atoms with Crippen LogP contribution in [0, 0.1) is 12.8 Å². The van der Waals surface area contributed by atoms with E-state index in [1.54, 1.807) is 0 Å². The Morgan fingerprint density at radius 3 is 2.67 bits per heavy atom. The van der Waals surface area contributed by atoms with Crippen LogP contribution in [0.15, 0.2) is 12.3 Å². The van der Waals surface area contributed by atoms with Gasteiger partial charge in [0.15, 0.2) is 0 Å². The van der Waals surface area contributed by atoms with Gasteiger partial charge in [-0.05, 0) is 25.3 Å². The summed E-state index contributed by atoms with van der Waals surface area (Å²) in [6, 6.07) is 2.54. The summed E-state index contributed by atoms with van der Waals surface area (Å²) in [6.07, 6.45) is 2.97. The first kappa shape index (κ1) is 12.1. The van der Waals surface area contributed by atoms with Crippen molar-refractivity contribution in [3.8, 4) is 0 Å². The highest BCUT2D eigenvalue weighted by molar-refractivity contribution is 5.01. The van der Waals surface area contributed by atoms with Gasteiger partial charge < -0.3 is 5.32 Å². The lowest BCUT2D eigenvalue weighted by Crippen LogP contribution is -2.32. The molecule has 15 heavy (non-hydrogen) atoms. The minimum absolute atomic E-state index is 0.570. The van der Waals surface area contributed by atoms with Crippen molar-refractivity contribution in [1.29, 1.82) is 0 Å². The number of aryl methyl sites for hydroxylation is 1. The van der Waals surface area contributed by atoms with E-state index < -0.39 is 0 Å². The van der Waals surface area contributed by atoms with Gasteiger partial charge in [0.25, 0.3) is 0 Å². The molecular formula is C12H21N3. The van der Waals surface area contributed by atoms with Crippen LogP contribution in [0.5, 0.6) is 0 Å². The first-order valence-corrected chi connectivity index (χ1v) is 5.65. The third kappa shape index (κ3) is 3.96. The lowest BCUT2D eigenvalue weighted by Gasteiger charge is -2.20. The Kier molecular flexibility index (Phi) is 4.69. The van der Waals surface area contributed by atoms with Gasteiger partial charge in [-0.25, -0.2) is 9.97 Å². The third-order valence-corrected chi connectivity index (χ3v) is 2.62. The zero-order valence-electron chi connectivity index (χ0n) is 10.1. The smallest absolute Gasteiger partial charge is 0.125 e. The summed E-state index contributed by atoms with van der Waals surface area (Å²) in [5.74, 6) is 1.50. The molecule has 1 N–H and O–H groups in total. The molecule has 0 spiro atoms. The molecule has 1 atom stereocenters. The number of aromatic nitrogens is 2. The predicted octanol–water partition coefficient (Wildman–Crippen LogP) is 2.31. The Labute approximate surface area is 92.3 Å². The van der Waals surface area contributed by atoms with E-state index in [9.17, 15) is 0 Å². The molecule has 0 bridgehead atoms. The Morgan fingerprint density at radius 1 is 1.40 bits per heavy atom. The lowest BCUT2D eigenvalue weighted by molar-refractivity contribution is 0.385. The average molecular weight is 207 g/mol. The molecule has 0 radical (unpaired) electrons. The number of hydrogen-bond donors (Lipinski definition) is 1. The normalized spacial score (nSPS) is 13.1. The van der Waals surface area contributed by atoms with Crippen molar-refractivity contribution < 1.29 is 0 Å². The average Bonchev–Trinajstić information content (AvgIpc) is 2.18. The summed E-state index contributed by atoms with van der Waals surface area (Å²) in [7, 11) is 0. The van der Waals surface area contributed by atoms with Gasteiger partial charge in [-0.3, -0.25) is 0 Å². The van der Waals surface area contributed by atoms with Gasteiger partial charge in [-0.1, -0.05) is 20.8 Å². The van der Waals surface area contributed by atoms with Crippen LogP contribution >= 0.6 is 0 Å². The second-order valence-electron chi connectivity index (χ2n) is 4.23. The monoisotopic (exact) mass is 207 g/mol. The molecule has 84 valence electrons. The van der Waals surface area contributed by atoms with Crippen molar-refractivity contribution in [2.24, 2.45) is 5.92 Å². The van der Waals surface area contributed by atoms with Crippen LogP contribution < -0.4 is 5.32 Å². The van der Waals surface area contributed by atoms with E-state index in [2.05, 4.69) is 36.1 Å². The topological polar surface area (TPSA) is 37.8 Å². The molecule has 1 aromatic rings.